The monoisotopic (exact) mass is 390 g/mol. The largest absolute Gasteiger partial charge is 0.497 e. The van der Waals surface area contributed by atoms with Gasteiger partial charge in [-0.1, -0.05) is 30.3 Å². The maximum Gasteiger partial charge on any atom is 0.258 e. The van der Waals surface area contributed by atoms with Crippen LogP contribution < -0.4 is 19.7 Å². The van der Waals surface area contributed by atoms with Gasteiger partial charge in [-0.25, -0.2) is 0 Å². The van der Waals surface area contributed by atoms with E-state index in [0.717, 1.165) is 22.2 Å². The van der Waals surface area contributed by atoms with Crippen LogP contribution in [0.2, 0.25) is 0 Å². The second-order valence-electron chi connectivity index (χ2n) is 6.97. The lowest BCUT2D eigenvalue weighted by Gasteiger charge is -2.17. The number of fused-ring (bicyclic) bond motifs is 1. The predicted molar refractivity (Wildman–Crippen MR) is 111 cm³/mol. The van der Waals surface area contributed by atoms with Crippen molar-refractivity contribution in [2.75, 3.05) is 25.2 Å². The Morgan fingerprint density at radius 2 is 1.76 bits per heavy atom. The van der Waals surface area contributed by atoms with E-state index in [4.69, 9.17) is 9.47 Å². The van der Waals surface area contributed by atoms with E-state index in [-0.39, 0.29) is 30.9 Å². The van der Waals surface area contributed by atoms with Gasteiger partial charge in [0.05, 0.1) is 13.2 Å². The molecule has 0 bridgehead atoms. The molecule has 1 atom stereocenters. The summed E-state index contributed by atoms with van der Waals surface area (Å²) >= 11 is 0. The molecule has 29 heavy (non-hydrogen) atoms. The van der Waals surface area contributed by atoms with Crippen LogP contribution in [0.3, 0.4) is 0 Å². The Morgan fingerprint density at radius 3 is 2.52 bits per heavy atom. The average Bonchev–Trinajstić information content (AvgIpc) is 3.12. The molecule has 1 heterocycles. The topological polar surface area (TPSA) is 67.9 Å². The molecular weight excluding hydrogens is 368 g/mol. The van der Waals surface area contributed by atoms with Crippen molar-refractivity contribution < 1.29 is 19.1 Å². The Bertz CT molecular complexity index is 1030. The number of benzene rings is 3. The van der Waals surface area contributed by atoms with Gasteiger partial charge >= 0.3 is 0 Å². The van der Waals surface area contributed by atoms with Crippen LogP contribution in [0.5, 0.6) is 11.5 Å². The van der Waals surface area contributed by atoms with Gasteiger partial charge in [0.25, 0.3) is 5.91 Å². The fourth-order valence-corrected chi connectivity index (χ4v) is 3.49. The number of ether oxygens (including phenoxy) is 2. The Labute approximate surface area is 169 Å². The van der Waals surface area contributed by atoms with Gasteiger partial charge in [-0.15, -0.1) is 0 Å². The number of carbonyl (C=O) groups is 2. The number of carbonyl (C=O) groups excluding carboxylic acids is 2. The lowest BCUT2D eigenvalue weighted by Crippen LogP contribution is -2.39. The fourth-order valence-electron chi connectivity index (χ4n) is 3.49. The van der Waals surface area contributed by atoms with Crippen LogP contribution in [0, 0.1) is 0 Å². The number of anilines is 1. The first-order valence-electron chi connectivity index (χ1n) is 9.48. The molecule has 6 heteroatoms. The minimum absolute atomic E-state index is 0.0177. The Hall–Kier alpha value is -3.54. The molecule has 0 spiro atoms. The van der Waals surface area contributed by atoms with Crippen molar-refractivity contribution in [2.45, 2.75) is 12.5 Å². The Morgan fingerprint density at radius 1 is 1.03 bits per heavy atom. The van der Waals surface area contributed by atoms with Gasteiger partial charge in [0.2, 0.25) is 5.91 Å². The van der Waals surface area contributed by atoms with E-state index in [9.17, 15) is 9.59 Å². The molecule has 0 aromatic heterocycles. The second kappa shape index (κ2) is 8.22. The van der Waals surface area contributed by atoms with Crippen LogP contribution in [-0.4, -0.2) is 38.1 Å². The van der Waals surface area contributed by atoms with Crippen LogP contribution in [0.15, 0.2) is 66.7 Å². The third-order valence-corrected chi connectivity index (χ3v) is 4.97. The molecule has 4 rings (SSSR count). The van der Waals surface area contributed by atoms with Crippen LogP contribution in [0.25, 0.3) is 10.8 Å². The van der Waals surface area contributed by atoms with Gasteiger partial charge in [0.1, 0.15) is 11.5 Å². The number of methoxy groups -OCH3 is 1. The molecule has 1 N–H and O–H groups in total. The first-order chi connectivity index (χ1) is 14.1. The summed E-state index contributed by atoms with van der Waals surface area (Å²) in [6.45, 7) is 0.346. The highest BCUT2D eigenvalue weighted by Crippen LogP contribution is 2.24. The van der Waals surface area contributed by atoms with Crippen molar-refractivity contribution in [1.29, 1.82) is 0 Å². The summed E-state index contributed by atoms with van der Waals surface area (Å²) < 4.78 is 10.8. The molecule has 148 valence electrons. The van der Waals surface area contributed by atoms with Crippen molar-refractivity contribution in [1.82, 2.24) is 5.32 Å². The summed E-state index contributed by atoms with van der Waals surface area (Å²) in [4.78, 5) is 26.3. The van der Waals surface area contributed by atoms with Crippen molar-refractivity contribution in [3.05, 3.63) is 66.7 Å². The number of rotatable bonds is 6. The minimum atomic E-state index is -0.243. The normalized spacial score (nSPS) is 16.1. The molecule has 0 radical (unpaired) electrons. The summed E-state index contributed by atoms with van der Waals surface area (Å²) in [5, 5.41) is 5.06. The lowest BCUT2D eigenvalue weighted by molar-refractivity contribution is -0.123. The van der Waals surface area contributed by atoms with E-state index in [1.54, 1.807) is 12.0 Å². The third-order valence-electron chi connectivity index (χ3n) is 4.97. The lowest BCUT2D eigenvalue weighted by atomic mass is 10.1. The molecule has 1 aliphatic rings. The van der Waals surface area contributed by atoms with Gasteiger partial charge < -0.3 is 19.7 Å². The smallest absolute Gasteiger partial charge is 0.258 e. The van der Waals surface area contributed by atoms with E-state index in [0.29, 0.717) is 12.3 Å². The zero-order valence-corrected chi connectivity index (χ0v) is 16.1. The predicted octanol–water partition coefficient (Wildman–Crippen LogP) is 3.15. The summed E-state index contributed by atoms with van der Waals surface area (Å²) in [5.41, 5.74) is 0.792. The Balaban J connectivity index is 1.31. The highest BCUT2D eigenvalue weighted by molar-refractivity contribution is 5.97. The number of nitrogens with zero attached hydrogens (tertiary/aromatic N) is 1. The zero-order chi connectivity index (χ0) is 20.2. The number of amides is 2. The van der Waals surface area contributed by atoms with Crippen LogP contribution in [-0.2, 0) is 9.59 Å². The summed E-state index contributed by atoms with van der Waals surface area (Å²) in [6, 6.07) is 20.7. The van der Waals surface area contributed by atoms with Crippen LogP contribution in [0.4, 0.5) is 5.69 Å². The second-order valence-corrected chi connectivity index (χ2v) is 6.97. The van der Waals surface area contributed by atoms with Crippen molar-refractivity contribution in [3.8, 4) is 11.5 Å². The quantitative estimate of drug-likeness (QED) is 0.702. The van der Waals surface area contributed by atoms with Gasteiger partial charge in [-0.2, -0.15) is 0 Å². The SMILES string of the molecule is COc1ccc(N2C[C@H](NC(=O)COc3ccc4ccccc4c3)CC2=O)cc1. The molecule has 0 unspecified atom stereocenters. The third kappa shape index (κ3) is 4.32. The first-order valence-corrected chi connectivity index (χ1v) is 9.48. The number of hydrogen-bond acceptors (Lipinski definition) is 4. The first kappa shape index (κ1) is 18.8. The van der Waals surface area contributed by atoms with E-state index in [2.05, 4.69) is 5.32 Å². The maximum absolute atomic E-state index is 12.3. The molecule has 0 aliphatic carbocycles. The molecule has 3 aromatic rings. The Kier molecular flexibility index (Phi) is 5.33. The molecule has 6 nitrogen and oxygen atoms in total. The van der Waals surface area contributed by atoms with Crippen molar-refractivity contribution >= 4 is 28.3 Å². The maximum atomic E-state index is 12.3. The molecular formula is C23H22N2O4. The molecule has 2 amide bonds. The van der Waals surface area contributed by atoms with Gasteiger partial charge in [-0.05, 0) is 47.2 Å². The molecule has 0 saturated carbocycles. The van der Waals surface area contributed by atoms with Crippen LogP contribution >= 0.6 is 0 Å². The van der Waals surface area contributed by atoms with Crippen molar-refractivity contribution in [2.24, 2.45) is 0 Å². The zero-order valence-electron chi connectivity index (χ0n) is 16.1. The number of nitrogens with one attached hydrogen (secondary N) is 1. The highest BCUT2D eigenvalue weighted by Gasteiger charge is 2.31. The molecule has 1 saturated heterocycles. The highest BCUT2D eigenvalue weighted by atomic mass is 16.5. The number of hydrogen-bond donors (Lipinski definition) is 1. The molecule has 1 fully saturated rings. The summed E-state index contributed by atoms with van der Waals surface area (Å²) in [5.74, 6) is 1.11. The van der Waals surface area contributed by atoms with Gasteiger partial charge in [0.15, 0.2) is 6.61 Å². The van der Waals surface area contributed by atoms with E-state index >= 15 is 0 Å². The molecule has 1 aliphatic heterocycles. The van der Waals surface area contributed by atoms with Crippen molar-refractivity contribution in [3.63, 3.8) is 0 Å². The fraction of sp³-hybridized carbons (Fsp3) is 0.217. The minimum Gasteiger partial charge on any atom is -0.497 e. The van der Waals surface area contributed by atoms with Gasteiger partial charge in [-0.3, -0.25) is 9.59 Å². The van der Waals surface area contributed by atoms with E-state index in [1.807, 2.05) is 66.7 Å². The standard InChI is InChI=1S/C23H22N2O4/c1-28-20-10-7-19(8-11-20)25-14-18(13-23(25)27)24-22(26)15-29-21-9-6-16-4-2-3-5-17(16)12-21/h2-12,18H,13-15H2,1H3,(H,24,26)/t18-/m1/s1. The average molecular weight is 390 g/mol. The summed E-state index contributed by atoms with van der Waals surface area (Å²) in [6.07, 6.45) is 0.272. The van der Waals surface area contributed by atoms with E-state index < -0.39 is 0 Å². The summed E-state index contributed by atoms with van der Waals surface area (Å²) in [7, 11) is 1.60. The van der Waals surface area contributed by atoms with Gasteiger partial charge in [0, 0.05) is 18.7 Å². The molecule has 3 aromatic carbocycles. The van der Waals surface area contributed by atoms with E-state index in [1.165, 1.54) is 0 Å². The van der Waals surface area contributed by atoms with Crippen LogP contribution in [0.1, 0.15) is 6.42 Å².